The van der Waals surface area contributed by atoms with Gasteiger partial charge in [-0.15, -0.1) is 4.73 Å². The van der Waals surface area contributed by atoms with Crippen LogP contribution in [0, 0.1) is 6.92 Å². The van der Waals surface area contributed by atoms with E-state index in [0.717, 1.165) is 22.4 Å². The van der Waals surface area contributed by atoms with Crippen molar-refractivity contribution in [3.8, 4) is 0 Å². The van der Waals surface area contributed by atoms with Crippen LogP contribution in [-0.4, -0.2) is 20.8 Å². The van der Waals surface area contributed by atoms with Gasteiger partial charge in [-0.1, -0.05) is 54.6 Å². The van der Waals surface area contributed by atoms with E-state index in [1.54, 1.807) is 0 Å². The third kappa shape index (κ3) is 5.27. The molecule has 0 atom stereocenters. The average molecular weight is 445 g/mol. The number of carbonyl (C=O) groups excluding carboxylic acids is 1. The molecule has 33 heavy (non-hydrogen) atoms. The van der Waals surface area contributed by atoms with E-state index < -0.39 is 6.09 Å². The lowest BCUT2D eigenvalue weighted by Gasteiger charge is -2.15. The first-order valence-electron chi connectivity index (χ1n) is 10.3. The summed E-state index contributed by atoms with van der Waals surface area (Å²) < 4.78 is 6.00. The number of anilines is 1. The summed E-state index contributed by atoms with van der Waals surface area (Å²) in [5.74, 6) is 0. The number of hydrogen-bond acceptors (Lipinski definition) is 7. The van der Waals surface area contributed by atoms with Crippen LogP contribution in [-0.2, 0) is 24.5 Å². The van der Waals surface area contributed by atoms with Crippen LogP contribution < -0.4 is 21.4 Å². The lowest BCUT2D eigenvalue weighted by Crippen LogP contribution is -2.28. The molecule has 2 aromatic carbocycles. The zero-order valence-corrected chi connectivity index (χ0v) is 18.0. The molecule has 4 aromatic rings. The molecule has 0 bridgehead atoms. The van der Waals surface area contributed by atoms with Gasteiger partial charge in [0.25, 0.3) is 5.56 Å². The molecule has 4 rings (SSSR count). The first kappa shape index (κ1) is 21.8. The van der Waals surface area contributed by atoms with E-state index >= 15 is 0 Å². The lowest BCUT2D eigenvalue weighted by atomic mass is 10.1. The van der Waals surface area contributed by atoms with E-state index in [1.165, 1.54) is 17.1 Å². The van der Waals surface area contributed by atoms with Gasteiger partial charge in [0.2, 0.25) is 0 Å². The number of amides is 1. The standard InChI is InChI=1S/C24H23N5O4/c1-16-22-20(26-12-17-7-9-19(10-8-17)13-32-24(25)31)11-21(30)29(23(22)28-15-27-16)33-14-18-5-3-2-4-6-18/h2-11,15,26H,12-14H2,1H3,(H2,25,31). The number of benzene rings is 2. The molecule has 0 saturated heterocycles. The minimum atomic E-state index is -0.812. The van der Waals surface area contributed by atoms with E-state index in [1.807, 2.05) is 61.5 Å². The number of ether oxygens (including phenoxy) is 1. The summed E-state index contributed by atoms with van der Waals surface area (Å²) in [6.07, 6.45) is 0.601. The van der Waals surface area contributed by atoms with Gasteiger partial charge in [0.05, 0.1) is 16.8 Å². The molecule has 0 aliphatic rings. The van der Waals surface area contributed by atoms with E-state index in [2.05, 4.69) is 15.3 Å². The molecule has 168 valence electrons. The molecular weight excluding hydrogens is 422 g/mol. The van der Waals surface area contributed by atoms with Gasteiger partial charge < -0.3 is 20.6 Å². The highest BCUT2D eigenvalue weighted by Gasteiger charge is 2.14. The maximum Gasteiger partial charge on any atom is 0.404 e. The zero-order valence-electron chi connectivity index (χ0n) is 18.0. The van der Waals surface area contributed by atoms with Crippen LogP contribution in [0.4, 0.5) is 10.5 Å². The second kappa shape index (κ2) is 9.82. The molecule has 9 heteroatoms. The van der Waals surface area contributed by atoms with Gasteiger partial charge in [0.1, 0.15) is 19.5 Å². The number of rotatable bonds is 8. The first-order valence-corrected chi connectivity index (χ1v) is 10.3. The molecule has 0 fully saturated rings. The van der Waals surface area contributed by atoms with Crippen molar-refractivity contribution < 1.29 is 14.4 Å². The fourth-order valence-corrected chi connectivity index (χ4v) is 3.37. The van der Waals surface area contributed by atoms with Crippen LogP contribution in [0.25, 0.3) is 11.0 Å². The number of primary amides is 1. The number of hydrogen-bond donors (Lipinski definition) is 2. The second-order valence-electron chi connectivity index (χ2n) is 7.39. The van der Waals surface area contributed by atoms with Crippen molar-refractivity contribution >= 4 is 22.8 Å². The molecule has 0 radical (unpaired) electrons. The van der Waals surface area contributed by atoms with E-state index in [9.17, 15) is 9.59 Å². The maximum atomic E-state index is 12.9. The number of pyridine rings is 1. The van der Waals surface area contributed by atoms with Crippen LogP contribution in [0.1, 0.15) is 22.4 Å². The van der Waals surface area contributed by atoms with Crippen molar-refractivity contribution in [1.29, 1.82) is 0 Å². The second-order valence-corrected chi connectivity index (χ2v) is 7.39. The summed E-state index contributed by atoms with van der Waals surface area (Å²) in [5, 5.41) is 4.01. The molecule has 0 aliphatic carbocycles. The van der Waals surface area contributed by atoms with Crippen molar-refractivity contribution in [3.05, 3.63) is 99.7 Å². The summed E-state index contributed by atoms with van der Waals surface area (Å²) in [4.78, 5) is 38.0. The zero-order chi connectivity index (χ0) is 23.2. The largest absolute Gasteiger partial charge is 0.445 e. The normalized spacial score (nSPS) is 10.7. The Kier molecular flexibility index (Phi) is 6.49. The van der Waals surface area contributed by atoms with E-state index in [0.29, 0.717) is 23.3 Å². The van der Waals surface area contributed by atoms with Crippen LogP contribution in [0.5, 0.6) is 0 Å². The van der Waals surface area contributed by atoms with Crippen LogP contribution in [0.3, 0.4) is 0 Å². The molecule has 2 heterocycles. The predicted molar refractivity (Wildman–Crippen MR) is 123 cm³/mol. The van der Waals surface area contributed by atoms with Gasteiger partial charge in [-0.25, -0.2) is 14.8 Å². The summed E-state index contributed by atoms with van der Waals surface area (Å²) >= 11 is 0. The summed E-state index contributed by atoms with van der Waals surface area (Å²) in [6, 6.07) is 18.6. The van der Waals surface area contributed by atoms with Gasteiger partial charge in [-0.05, 0) is 23.6 Å². The van der Waals surface area contributed by atoms with Gasteiger partial charge in [0.15, 0.2) is 5.65 Å². The Balaban J connectivity index is 1.56. The molecule has 2 aromatic heterocycles. The summed E-state index contributed by atoms with van der Waals surface area (Å²) in [5.41, 5.74) is 9.14. The Bertz CT molecular complexity index is 1320. The van der Waals surface area contributed by atoms with E-state index in [-0.39, 0.29) is 18.8 Å². The van der Waals surface area contributed by atoms with Crippen LogP contribution in [0.2, 0.25) is 0 Å². The molecule has 0 unspecified atom stereocenters. The molecular formula is C24H23N5O4. The monoisotopic (exact) mass is 445 g/mol. The van der Waals surface area contributed by atoms with Gasteiger partial charge >= 0.3 is 6.09 Å². The van der Waals surface area contributed by atoms with Crippen molar-refractivity contribution in [2.45, 2.75) is 26.7 Å². The molecule has 0 saturated carbocycles. The molecule has 9 nitrogen and oxygen atoms in total. The minimum Gasteiger partial charge on any atom is -0.445 e. The predicted octanol–water partition coefficient (Wildman–Crippen LogP) is 2.94. The highest BCUT2D eigenvalue weighted by Crippen LogP contribution is 2.23. The fourth-order valence-electron chi connectivity index (χ4n) is 3.37. The van der Waals surface area contributed by atoms with Gasteiger partial charge in [-0.2, -0.15) is 0 Å². The number of nitrogens with one attached hydrogen (secondary N) is 1. The van der Waals surface area contributed by atoms with E-state index in [4.69, 9.17) is 15.3 Å². The number of aromatic nitrogens is 3. The highest BCUT2D eigenvalue weighted by atomic mass is 16.7. The topological polar surface area (TPSA) is 121 Å². The Morgan fingerprint density at radius 2 is 1.70 bits per heavy atom. The number of fused-ring (bicyclic) bond motifs is 1. The quantitative estimate of drug-likeness (QED) is 0.428. The third-order valence-electron chi connectivity index (χ3n) is 5.04. The first-order chi connectivity index (χ1) is 16.0. The third-order valence-corrected chi connectivity index (χ3v) is 5.04. The van der Waals surface area contributed by atoms with Crippen molar-refractivity contribution in [1.82, 2.24) is 14.7 Å². The smallest absolute Gasteiger partial charge is 0.404 e. The van der Waals surface area contributed by atoms with Crippen LogP contribution >= 0.6 is 0 Å². The lowest BCUT2D eigenvalue weighted by molar-refractivity contribution is 0.0979. The van der Waals surface area contributed by atoms with Crippen molar-refractivity contribution in [2.75, 3.05) is 5.32 Å². The SMILES string of the molecule is Cc1ncnc2c1c(NCc1ccc(COC(N)=O)cc1)cc(=O)n2OCc1ccccc1. The number of nitrogens with zero attached hydrogens (tertiary/aromatic N) is 3. The van der Waals surface area contributed by atoms with Crippen molar-refractivity contribution in [2.24, 2.45) is 5.73 Å². The Labute approximate surface area is 189 Å². The molecule has 1 amide bonds. The summed E-state index contributed by atoms with van der Waals surface area (Å²) in [7, 11) is 0. The Morgan fingerprint density at radius 1 is 1.00 bits per heavy atom. The maximum absolute atomic E-state index is 12.9. The number of nitrogens with two attached hydrogens (primary N) is 1. The number of aryl methyl sites for hydroxylation is 1. The van der Waals surface area contributed by atoms with Gasteiger partial charge in [-0.3, -0.25) is 4.79 Å². The molecule has 3 N–H and O–H groups in total. The summed E-state index contributed by atoms with van der Waals surface area (Å²) in [6.45, 7) is 2.67. The Hall–Kier alpha value is -4.40. The van der Waals surface area contributed by atoms with Crippen molar-refractivity contribution in [3.63, 3.8) is 0 Å². The average Bonchev–Trinajstić information content (AvgIpc) is 2.82. The number of carbonyl (C=O) groups is 1. The minimum absolute atomic E-state index is 0.116. The van der Waals surface area contributed by atoms with Crippen LogP contribution in [0.15, 0.2) is 71.8 Å². The molecule has 0 spiro atoms. The van der Waals surface area contributed by atoms with Gasteiger partial charge in [0, 0.05) is 12.6 Å². The highest BCUT2D eigenvalue weighted by molar-refractivity contribution is 5.90. The Morgan fingerprint density at radius 3 is 2.42 bits per heavy atom. The fraction of sp³-hybridized carbons (Fsp3) is 0.167. The molecule has 0 aliphatic heterocycles.